The minimum Gasteiger partial charge on any atom is -0.413 e. The molecule has 0 saturated heterocycles. The lowest BCUT2D eigenvalue weighted by atomic mass is 9.51. The second-order valence-electron chi connectivity index (χ2n) is 12.3. The van der Waals surface area contributed by atoms with Crippen molar-refractivity contribution in [2.24, 2.45) is 35.0 Å². The summed E-state index contributed by atoms with van der Waals surface area (Å²) >= 11 is 0. The molecule has 0 aromatic carbocycles. The van der Waals surface area contributed by atoms with Gasteiger partial charge >= 0.3 is 0 Å². The molecule has 3 saturated carbocycles. The van der Waals surface area contributed by atoms with Crippen LogP contribution in [0.15, 0.2) is 11.6 Å². The molecule has 0 bridgehead atoms. The van der Waals surface area contributed by atoms with Crippen molar-refractivity contribution in [3.8, 4) is 0 Å². The Balaban J connectivity index is 1.54. The Morgan fingerprint density at radius 1 is 1.11 bits per heavy atom. The van der Waals surface area contributed by atoms with Crippen molar-refractivity contribution >= 4 is 14.1 Å². The predicted molar refractivity (Wildman–Crippen MR) is 119 cm³/mol. The summed E-state index contributed by atoms with van der Waals surface area (Å²) in [5, 5.41) is 0.286. The number of hydrogen-bond donors (Lipinski definition) is 0. The van der Waals surface area contributed by atoms with Gasteiger partial charge in [-0.3, -0.25) is 4.79 Å². The first-order chi connectivity index (χ1) is 12.9. The van der Waals surface area contributed by atoms with Crippen LogP contribution in [0.5, 0.6) is 0 Å². The molecule has 4 rings (SSSR count). The number of hydrogen-bond acceptors (Lipinski definition) is 2. The van der Waals surface area contributed by atoms with Crippen molar-refractivity contribution in [1.29, 1.82) is 0 Å². The van der Waals surface area contributed by atoms with Crippen molar-refractivity contribution in [1.82, 2.24) is 0 Å². The smallest absolute Gasteiger partial charge is 0.192 e. The van der Waals surface area contributed by atoms with E-state index in [9.17, 15) is 4.79 Å². The van der Waals surface area contributed by atoms with Crippen LogP contribution in [-0.2, 0) is 9.22 Å². The van der Waals surface area contributed by atoms with Gasteiger partial charge in [0.1, 0.15) is 0 Å². The fraction of sp³-hybridized carbons (Fsp3) is 0.880. The summed E-state index contributed by atoms with van der Waals surface area (Å²) in [4.78, 5) is 12.2. The Kier molecular flexibility index (Phi) is 5.06. The SMILES string of the molecule is CC1C[C@H]2C(=CC1=O)CC[C@@H]1C2CC[C@]2(C)C(O[Si](C)(C)C(C)(C)C)CCC12. The molecule has 0 spiro atoms. The largest absolute Gasteiger partial charge is 0.413 e. The first-order valence-electron chi connectivity index (χ1n) is 11.9. The van der Waals surface area contributed by atoms with Crippen LogP contribution in [0.4, 0.5) is 0 Å². The first-order valence-corrected chi connectivity index (χ1v) is 14.8. The van der Waals surface area contributed by atoms with Crippen molar-refractivity contribution in [2.75, 3.05) is 0 Å². The van der Waals surface area contributed by atoms with Crippen LogP contribution in [0.3, 0.4) is 0 Å². The molecule has 28 heavy (non-hydrogen) atoms. The lowest BCUT2D eigenvalue weighted by Gasteiger charge is -2.55. The van der Waals surface area contributed by atoms with Gasteiger partial charge in [-0.25, -0.2) is 0 Å². The molecule has 0 radical (unpaired) electrons. The predicted octanol–water partition coefficient (Wildman–Crippen LogP) is 6.76. The number of carbonyl (C=O) groups excluding carboxylic acids is 1. The first kappa shape index (κ1) is 20.8. The van der Waals surface area contributed by atoms with Gasteiger partial charge in [0, 0.05) is 5.92 Å². The zero-order valence-electron chi connectivity index (χ0n) is 19.3. The molecule has 3 heteroatoms. The Morgan fingerprint density at radius 2 is 1.82 bits per heavy atom. The van der Waals surface area contributed by atoms with E-state index in [2.05, 4.69) is 47.7 Å². The van der Waals surface area contributed by atoms with Crippen LogP contribution in [0, 0.1) is 35.0 Å². The summed E-state index contributed by atoms with van der Waals surface area (Å²) in [7, 11) is -1.73. The van der Waals surface area contributed by atoms with Gasteiger partial charge in [-0.05, 0) is 98.2 Å². The lowest BCUT2D eigenvalue weighted by molar-refractivity contribution is -0.119. The van der Waals surface area contributed by atoms with Crippen LogP contribution in [0.25, 0.3) is 0 Å². The summed E-state index contributed by atoms with van der Waals surface area (Å²) < 4.78 is 7.04. The molecule has 2 nitrogen and oxygen atoms in total. The Labute approximate surface area is 174 Å². The van der Waals surface area contributed by atoms with Crippen LogP contribution >= 0.6 is 0 Å². The van der Waals surface area contributed by atoms with Gasteiger partial charge in [0.2, 0.25) is 0 Å². The van der Waals surface area contributed by atoms with E-state index in [0.29, 0.717) is 23.2 Å². The highest BCUT2D eigenvalue weighted by atomic mass is 28.4. The molecule has 0 aromatic rings. The van der Waals surface area contributed by atoms with E-state index in [-0.39, 0.29) is 11.0 Å². The molecule has 0 amide bonds. The third-order valence-corrected chi connectivity index (χ3v) is 14.3. The Bertz CT molecular complexity index is 673. The molecular weight excluding hydrogens is 360 g/mol. The molecule has 7 atom stereocenters. The van der Waals surface area contributed by atoms with Crippen LogP contribution < -0.4 is 0 Å². The average molecular weight is 403 g/mol. The third-order valence-electron chi connectivity index (χ3n) is 9.83. The average Bonchev–Trinajstić information content (AvgIpc) is 2.91. The molecule has 158 valence electrons. The van der Waals surface area contributed by atoms with Crippen LogP contribution in [-0.4, -0.2) is 20.2 Å². The molecule has 4 aliphatic carbocycles. The van der Waals surface area contributed by atoms with Crippen molar-refractivity contribution in [3.63, 3.8) is 0 Å². The van der Waals surface area contributed by atoms with Gasteiger partial charge in [-0.1, -0.05) is 40.2 Å². The second-order valence-corrected chi connectivity index (χ2v) is 17.1. The highest BCUT2D eigenvalue weighted by Gasteiger charge is 2.58. The number of ketones is 1. The highest BCUT2D eigenvalue weighted by Crippen LogP contribution is 2.63. The zero-order valence-corrected chi connectivity index (χ0v) is 20.3. The van der Waals surface area contributed by atoms with Gasteiger partial charge in [-0.15, -0.1) is 0 Å². The van der Waals surface area contributed by atoms with Gasteiger partial charge in [0.25, 0.3) is 0 Å². The minimum atomic E-state index is -1.73. The molecular formula is C25H42O2Si. The van der Waals surface area contributed by atoms with Gasteiger partial charge in [0.05, 0.1) is 6.10 Å². The van der Waals surface area contributed by atoms with E-state index in [1.807, 2.05) is 6.08 Å². The maximum Gasteiger partial charge on any atom is 0.192 e. The van der Waals surface area contributed by atoms with E-state index in [1.54, 1.807) is 0 Å². The summed E-state index contributed by atoms with van der Waals surface area (Å²) in [6, 6.07) is 0. The number of fused-ring (bicyclic) bond motifs is 5. The second kappa shape index (κ2) is 6.80. The minimum absolute atomic E-state index is 0.235. The number of carbonyl (C=O) groups is 1. The normalized spacial score (nSPS) is 43.8. The van der Waals surface area contributed by atoms with E-state index in [4.69, 9.17) is 4.43 Å². The summed E-state index contributed by atoms with van der Waals surface area (Å²) in [6.07, 6.45) is 11.4. The maximum absolute atomic E-state index is 12.2. The Morgan fingerprint density at radius 3 is 2.50 bits per heavy atom. The zero-order chi connectivity index (χ0) is 20.5. The van der Waals surface area contributed by atoms with Crippen LogP contribution in [0.2, 0.25) is 18.1 Å². The van der Waals surface area contributed by atoms with E-state index >= 15 is 0 Å². The lowest BCUT2D eigenvalue weighted by Crippen LogP contribution is -2.52. The maximum atomic E-state index is 12.2. The van der Waals surface area contributed by atoms with Crippen molar-refractivity contribution in [2.45, 2.75) is 104 Å². The van der Waals surface area contributed by atoms with E-state index in [1.165, 1.54) is 44.1 Å². The van der Waals surface area contributed by atoms with Gasteiger partial charge in [0.15, 0.2) is 14.1 Å². The summed E-state index contributed by atoms with van der Waals surface area (Å²) in [6.45, 7) is 16.7. The molecule has 3 fully saturated rings. The monoisotopic (exact) mass is 402 g/mol. The molecule has 0 aromatic heterocycles. The van der Waals surface area contributed by atoms with Gasteiger partial charge < -0.3 is 4.43 Å². The highest BCUT2D eigenvalue weighted by molar-refractivity contribution is 6.74. The fourth-order valence-electron chi connectivity index (χ4n) is 7.03. The summed E-state index contributed by atoms with van der Waals surface area (Å²) in [5.41, 5.74) is 1.87. The topological polar surface area (TPSA) is 26.3 Å². The van der Waals surface area contributed by atoms with Crippen molar-refractivity contribution in [3.05, 3.63) is 11.6 Å². The van der Waals surface area contributed by atoms with Gasteiger partial charge in [-0.2, -0.15) is 0 Å². The quantitative estimate of drug-likeness (QED) is 0.477. The summed E-state index contributed by atoms with van der Waals surface area (Å²) in [5.74, 6) is 3.81. The molecule has 0 heterocycles. The van der Waals surface area contributed by atoms with Crippen LogP contribution in [0.1, 0.15) is 79.6 Å². The number of rotatable bonds is 2. The molecule has 4 aliphatic rings. The third kappa shape index (κ3) is 3.19. The molecule has 0 aliphatic heterocycles. The molecule has 4 unspecified atom stereocenters. The number of allylic oxidation sites excluding steroid dienone is 1. The van der Waals surface area contributed by atoms with Crippen molar-refractivity contribution < 1.29 is 9.22 Å². The standard InChI is InChI=1S/C25H42O2Si/c1-16-14-20-17(15-22(16)26)8-9-19-18(20)12-13-25(5)21(19)10-11-23(25)27-28(6,7)24(2,3)4/h15-16,18-21,23H,8-14H2,1-7H3/t16?,18?,19-,20+,21?,23?,25+/m1/s1. The molecule has 0 N–H and O–H groups in total. The fourth-order valence-corrected chi connectivity index (χ4v) is 8.48. The Hall–Kier alpha value is -0.413. The van der Waals surface area contributed by atoms with E-state index in [0.717, 1.165) is 24.2 Å². The van der Waals surface area contributed by atoms with E-state index < -0.39 is 8.32 Å².